The molecular formula is C19H18BrNO2. The number of rotatable bonds is 5. The van der Waals surface area contributed by atoms with Crippen LogP contribution in [0.3, 0.4) is 0 Å². The monoisotopic (exact) mass is 371 g/mol. The van der Waals surface area contributed by atoms with Gasteiger partial charge in [-0.1, -0.05) is 46.3 Å². The minimum atomic E-state index is 0.0142. The van der Waals surface area contributed by atoms with Gasteiger partial charge in [0.1, 0.15) is 5.58 Å². The molecule has 0 aliphatic carbocycles. The summed E-state index contributed by atoms with van der Waals surface area (Å²) in [7, 11) is 0. The number of hydrogen-bond acceptors (Lipinski definition) is 2. The number of furan rings is 1. The van der Waals surface area contributed by atoms with Gasteiger partial charge >= 0.3 is 0 Å². The second kappa shape index (κ2) is 7.01. The molecule has 23 heavy (non-hydrogen) atoms. The molecule has 0 aliphatic heterocycles. The van der Waals surface area contributed by atoms with Crippen LogP contribution in [-0.2, 0) is 17.6 Å². The lowest BCUT2D eigenvalue weighted by Crippen LogP contribution is -2.27. The highest BCUT2D eigenvalue weighted by Crippen LogP contribution is 2.22. The van der Waals surface area contributed by atoms with Gasteiger partial charge < -0.3 is 9.73 Å². The SMILES string of the molecule is Cc1ccc2c(CC(=O)NCCc3ccccc3Br)coc2c1. The van der Waals surface area contributed by atoms with Gasteiger partial charge in [-0.05, 0) is 36.6 Å². The number of carbonyl (C=O) groups is 1. The molecule has 118 valence electrons. The summed E-state index contributed by atoms with van der Waals surface area (Å²) in [5.74, 6) is 0.0142. The maximum absolute atomic E-state index is 12.1. The number of halogens is 1. The standard InChI is InChI=1S/C19H18BrNO2/c1-13-6-7-16-15(12-23-18(16)10-13)11-19(22)21-9-8-14-4-2-3-5-17(14)20/h2-7,10,12H,8-9,11H2,1H3,(H,21,22). The Morgan fingerprint density at radius 1 is 1.17 bits per heavy atom. The van der Waals surface area contributed by atoms with E-state index in [-0.39, 0.29) is 5.91 Å². The Morgan fingerprint density at radius 3 is 2.83 bits per heavy atom. The molecule has 4 heteroatoms. The molecule has 0 fully saturated rings. The van der Waals surface area contributed by atoms with Crippen molar-refractivity contribution >= 4 is 32.8 Å². The van der Waals surface area contributed by atoms with Crippen molar-refractivity contribution in [1.29, 1.82) is 0 Å². The second-order valence-corrected chi connectivity index (χ2v) is 6.48. The van der Waals surface area contributed by atoms with Gasteiger partial charge in [-0.15, -0.1) is 0 Å². The number of nitrogens with one attached hydrogen (secondary N) is 1. The van der Waals surface area contributed by atoms with Crippen molar-refractivity contribution in [2.24, 2.45) is 0 Å². The molecule has 3 aromatic rings. The summed E-state index contributed by atoms with van der Waals surface area (Å²) in [6.45, 7) is 2.65. The van der Waals surface area contributed by atoms with Crippen molar-refractivity contribution in [2.45, 2.75) is 19.8 Å². The number of hydrogen-bond donors (Lipinski definition) is 1. The maximum Gasteiger partial charge on any atom is 0.224 e. The average Bonchev–Trinajstić information content (AvgIpc) is 2.91. The Bertz CT molecular complexity index is 838. The van der Waals surface area contributed by atoms with Gasteiger partial charge in [-0.2, -0.15) is 0 Å². The summed E-state index contributed by atoms with van der Waals surface area (Å²) in [5.41, 5.74) is 4.10. The molecular weight excluding hydrogens is 354 g/mol. The quantitative estimate of drug-likeness (QED) is 0.721. The molecule has 0 saturated heterocycles. The van der Waals surface area contributed by atoms with Crippen molar-refractivity contribution in [3.63, 3.8) is 0 Å². The van der Waals surface area contributed by atoms with Gasteiger partial charge in [0.15, 0.2) is 0 Å². The van der Waals surface area contributed by atoms with Crippen molar-refractivity contribution in [3.05, 3.63) is 69.9 Å². The van der Waals surface area contributed by atoms with Gasteiger partial charge in [-0.3, -0.25) is 4.79 Å². The van der Waals surface area contributed by atoms with E-state index in [0.29, 0.717) is 13.0 Å². The lowest BCUT2D eigenvalue weighted by atomic mass is 10.1. The third kappa shape index (κ3) is 3.82. The van der Waals surface area contributed by atoms with Crippen LogP contribution >= 0.6 is 15.9 Å². The van der Waals surface area contributed by atoms with Crippen LogP contribution in [-0.4, -0.2) is 12.5 Å². The van der Waals surface area contributed by atoms with E-state index >= 15 is 0 Å². The van der Waals surface area contributed by atoms with E-state index in [1.807, 2.05) is 43.3 Å². The molecule has 0 saturated carbocycles. The number of fused-ring (bicyclic) bond motifs is 1. The zero-order chi connectivity index (χ0) is 16.2. The highest BCUT2D eigenvalue weighted by atomic mass is 79.9. The van der Waals surface area contributed by atoms with E-state index in [9.17, 15) is 4.79 Å². The molecule has 0 radical (unpaired) electrons. The summed E-state index contributed by atoms with van der Waals surface area (Å²) >= 11 is 3.52. The molecule has 0 atom stereocenters. The lowest BCUT2D eigenvalue weighted by Gasteiger charge is -2.06. The van der Waals surface area contributed by atoms with Gasteiger partial charge in [0.05, 0.1) is 12.7 Å². The van der Waals surface area contributed by atoms with Crippen LogP contribution in [0, 0.1) is 6.92 Å². The number of amides is 1. The van der Waals surface area contributed by atoms with E-state index in [4.69, 9.17) is 4.42 Å². The van der Waals surface area contributed by atoms with Crippen LogP contribution in [0.2, 0.25) is 0 Å². The van der Waals surface area contributed by atoms with Crippen molar-refractivity contribution in [2.75, 3.05) is 6.54 Å². The molecule has 1 heterocycles. The van der Waals surface area contributed by atoms with Gasteiger partial charge in [0.2, 0.25) is 5.91 Å². The molecule has 0 aliphatic rings. The fourth-order valence-electron chi connectivity index (χ4n) is 2.60. The first-order valence-corrected chi connectivity index (χ1v) is 8.39. The molecule has 1 aromatic heterocycles. The maximum atomic E-state index is 12.1. The van der Waals surface area contributed by atoms with Crippen LogP contribution in [0.1, 0.15) is 16.7 Å². The van der Waals surface area contributed by atoms with Crippen LogP contribution in [0.5, 0.6) is 0 Å². The summed E-state index contributed by atoms with van der Waals surface area (Å²) < 4.78 is 6.61. The van der Waals surface area contributed by atoms with E-state index in [2.05, 4.69) is 27.3 Å². The van der Waals surface area contributed by atoms with Crippen molar-refractivity contribution in [3.8, 4) is 0 Å². The normalized spacial score (nSPS) is 10.9. The number of benzene rings is 2. The molecule has 1 N–H and O–H groups in total. The predicted molar refractivity (Wildman–Crippen MR) is 95.5 cm³/mol. The van der Waals surface area contributed by atoms with E-state index in [1.165, 1.54) is 5.56 Å². The number of carbonyl (C=O) groups excluding carboxylic acids is 1. The Morgan fingerprint density at radius 2 is 2.00 bits per heavy atom. The van der Waals surface area contributed by atoms with E-state index in [1.54, 1.807) is 6.26 Å². The zero-order valence-electron chi connectivity index (χ0n) is 12.9. The predicted octanol–water partition coefficient (Wildman–Crippen LogP) is 4.41. The third-order valence-electron chi connectivity index (χ3n) is 3.84. The zero-order valence-corrected chi connectivity index (χ0v) is 14.5. The first-order valence-electron chi connectivity index (χ1n) is 7.60. The second-order valence-electron chi connectivity index (χ2n) is 5.63. The van der Waals surface area contributed by atoms with Crippen molar-refractivity contribution < 1.29 is 9.21 Å². The highest BCUT2D eigenvalue weighted by Gasteiger charge is 2.10. The molecule has 3 nitrogen and oxygen atoms in total. The molecule has 2 aromatic carbocycles. The average molecular weight is 372 g/mol. The molecule has 1 amide bonds. The van der Waals surface area contributed by atoms with Crippen LogP contribution in [0.25, 0.3) is 11.0 Å². The minimum absolute atomic E-state index is 0.0142. The fraction of sp³-hybridized carbons (Fsp3) is 0.211. The lowest BCUT2D eigenvalue weighted by molar-refractivity contribution is -0.120. The van der Waals surface area contributed by atoms with Crippen LogP contribution in [0.4, 0.5) is 0 Å². The third-order valence-corrected chi connectivity index (χ3v) is 4.61. The summed E-state index contributed by atoms with van der Waals surface area (Å²) in [5, 5.41) is 3.98. The van der Waals surface area contributed by atoms with Gasteiger partial charge in [-0.25, -0.2) is 0 Å². The smallest absolute Gasteiger partial charge is 0.224 e. The van der Waals surface area contributed by atoms with Gasteiger partial charge in [0, 0.05) is 22.0 Å². The first-order chi connectivity index (χ1) is 11.1. The fourth-order valence-corrected chi connectivity index (χ4v) is 3.08. The molecule has 0 unspecified atom stereocenters. The largest absolute Gasteiger partial charge is 0.464 e. The van der Waals surface area contributed by atoms with E-state index in [0.717, 1.165) is 33.0 Å². The van der Waals surface area contributed by atoms with E-state index < -0.39 is 0 Å². The topological polar surface area (TPSA) is 42.2 Å². The molecule has 0 bridgehead atoms. The van der Waals surface area contributed by atoms with Crippen LogP contribution < -0.4 is 5.32 Å². The van der Waals surface area contributed by atoms with Crippen LogP contribution in [0.15, 0.2) is 57.6 Å². The Kier molecular flexibility index (Phi) is 4.82. The first kappa shape index (κ1) is 15.8. The summed E-state index contributed by atoms with van der Waals surface area (Å²) in [6.07, 6.45) is 2.82. The summed E-state index contributed by atoms with van der Waals surface area (Å²) in [4.78, 5) is 12.1. The Balaban J connectivity index is 1.58. The summed E-state index contributed by atoms with van der Waals surface area (Å²) in [6, 6.07) is 14.1. The molecule has 3 rings (SSSR count). The van der Waals surface area contributed by atoms with Gasteiger partial charge in [0.25, 0.3) is 0 Å². The number of aryl methyl sites for hydroxylation is 1. The Hall–Kier alpha value is -2.07. The molecule has 0 spiro atoms. The highest BCUT2D eigenvalue weighted by molar-refractivity contribution is 9.10. The minimum Gasteiger partial charge on any atom is -0.464 e. The Labute approximate surface area is 143 Å². The van der Waals surface area contributed by atoms with Crippen molar-refractivity contribution in [1.82, 2.24) is 5.32 Å².